The standard InChI is InChI=1S/C18H29NO/c1-4-11-19-18(10-8-16-6-5-12-20-16)17-9-7-14(2)13-15(17)3/h7,9,13,16,18-19H,4-6,8,10-12H2,1-3H3. The van der Waals surface area contributed by atoms with E-state index in [0.717, 1.165) is 13.2 Å². The Labute approximate surface area is 123 Å². The minimum absolute atomic E-state index is 0.472. The van der Waals surface area contributed by atoms with Crippen molar-refractivity contribution in [2.45, 2.75) is 65.0 Å². The Morgan fingerprint density at radius 2 is 2.20 bits per heavy atom. The van der Waals surface area contributed by atoms with E-state index in [1.54, 1.807) is 0 Å². The van der Waals surface area contributed by atoms with E-state index in [1.165, 1.54) is 48.8 Å². The predicted molar refractivity (Wildman–Crippen MR) is 85.2 cm³/mol. The fourth-order valence-corrected chi connectivity index (χ4v) is 3.13. The average Bonchev–Trinajstić information content (AvgIpc) is 2.93. The van der Waals surface area contributed by atoms with Gasteiger partial charge < -0.3 is 10.1 Å². The number of benzene rings is 1. The maximum absolute atomic E-state index is 5.77. The summed E-state index contributed by atoms with van der Waals surface area (Å²) in [5, 5.41) is 3.71. The second-order valence-corrected chi connectivity index (χ2v) is 6.08. The molecule has 0 aromatic heterocycles. The lowest BCUT2D eigenvalue weighted by atomic mass is 9.94. The molecule has 2 unspecified atom stereocenters. The van der Waals surface area contributed by atoms with Gasteiger partial charge in [0, 0.05) is 12.6 Å². The van der Waals surface area contributed by atoms with Crippen LogP contribution in [0.15, 0.2) is 18.2 Å². The Morgan fingerprint density at radius 3 is 2.85 bits per heavy atom. The normalized spacial score (nSPS) is 20.2. The first-order valence-corrected chi connectivity index (χ1v) is 8.13. The van der Waals surface area contributed by atoms with E-state index in [2.05, 4.69) is 44.3 Å². The molecule has 112 valence electrons. The van der Waals surface area contributed by atoms with Crippen LogP contribution in [-0.4, -0.2) is 19.3 Å². The van der Waals surface area contributed by atoms with E-state index < -0.39 is 0 Å². The van der Waals surface area contributed by atoms with Gasteiger partial charge in [-0.15, -0.1) is 0 Å². The van der Waals surface area contributed by atoms with Crippen LogP contribution in [0.3, 0.4) is 0 Å². The topological polar surface area (TPSA) is 21.3 Å². The minimum Gasteiger partial charge on any atom is -0.378 e. The SMILES string of the molecule is CCCNC(CCC1CCCO1)c1ccc(C)cc1C. The molecule has 0 saturated carbocycles. The van der Waals surface area contributed by atoms with Crippen molar-refractivity contribution in [2.75, 3.05) is 13.2 Å². The van der Waals surface area contributed by atoms with Crippen molar-refractivity contribution in [1.82, 2.24) is 5.32 Å². The summed E-state index contributed by atoms with van der Waals surface area (Å²) in [6.45, 7) is 8.67. The zero-order valence-corrected chi connectivity index (χ0v) is 13.2. The van der Waals surface area contributed by atoms with Gasteiger partial charge in [-0.05, 0) is 63.6 Å². The lowest BCUT2D eigenvalue weighted by molar-refractivity contribution is 0.0995. The summed E-state index contributed by atoms with van der Waals surface area (Å²) in [5.41, 5.74) is 4.22. The van der Waals surface area contributed by atoms with Crippen molar-refractivity contribution in [2.24, 2.45) is 0 Å². The van der Waals surface area contributed by atoms with Gasteiger partial charge in [0.15, 0.2) is 0 Å². The molecule has 20 heavy (non-hydrogen) atoms. The summed E-state index contributed by atoms with van der Waals surface area (Å²) in [4.78, 5) is 0. The number of hydrogen-bond acceptors (Lipinski definition) is 2. The Hall–Kier alpha value is -0.860. The molecule has 1 fully saturated rings. The molecular formula is C18H29NO. The molecule has 0 radical (unpaired) electrons. The smallest absolute Gasteiger partial charge is 0.0576 e. The van der Waals surface area contributed by atoms with Crippen LogP contribution in [0.5, 0.6) is 0 Å². The molecule has 1 aromatic rings. The number of aryl methyl sites for hydroxylation is 2. The molecule has 1 aliphatic heterocycles. The Morgan fingerprint density at radius 1 is 1.35 bits per heavy atom. The van der Waals surface area contributed by atoms with E-state index in [-0.39, 0.29) is 0 Å². The Kier molecular flexibility index (Phi) is 6.06. The summed E-state index contributed by atoms with van der Waals surface area (Å²) >= 11 is 0. The largest absolute Gasteiger partial charge is 0.378 e. The number of hydrogen-bond donors (Lipinski definition) is 1. The van der Waals surface area contributed by atoms with Gasteiger partial charge in [0.1, 0.15) is 0 Å². The molecule has 0 amide bonds. The predicted octanol–water partition coefficient (Wildman–Crippen LogP) is 4.30. The lowest BCUT2D eigenvalue weighted by Gasteiger charge is -2.22. The van der Waals surface area contributed by atoms with Crippen LogP contribution in [0.25, 0.3) is 0 Å². The molecule has 0 bridgehead atoms. The first kappa shape index (κ1) is 15.5. The molecule has 1 heterocycles. The summed E-state index contributed by atoms with van der Waals surface area (Å²) < 4.78 is 5.77. The zero-order chi connectivity index (χ0) is 14.4. The summed E-state index contributed by atoms with van der Waals surface area (Å²) in [5.74, 6) is 0. The molecule has 1 aliphatic rings. The highest BCUT2D eigenvalue weighted by Crippen LogP contribution is 2.26. The fraction of sp³-hybridized carbons (Fsp3) is 0.667. The molecule has 2 heteroatoms. The van der Waals surface area contributed by atoms with Crippen LogP contribution < -0.4 is 5.32 Å². The first-order valence-electron chi connectivity index (χ1n) is 8.13. The third-order valence-corrected chi connectivity index (χ3v) is 4.24. The van der Waals surface area contributed by atoms with Crippen LogP contribution in [0, 0.1) is 13.8 Å². The third-order valence-electron chi connectivity index (χ3n) is 4.24. The number of rotatable bonds is 7. The average molecular weight is 275 g/mol. The van der Waals surface area contributed by atoms with E-state index >= 15 is 0 Å². The quantitative estimate of drug-likeness (QED) is 0.801. The van der Waals surface area contributed by atoms with Crippen LogP contribution in [0.4, 0.5) is 0 Å². The van der Waals surface area contributed by atoms with E-state index in [0.29, 0.717) is 12.1 Å². The summed E-state index contributed by atoms with van der Waals surface area (Å²) in [6, 6.07) is 7.30. The summed E-state index contributed by atoms with van der Waals surface area (Å²) in [6.07, 6.45) is 6.51. The van der Waals surface area contributed by atoms with Crippen molar-refractivity contribution < 1.29 is 4.74 Å². The van der Waals surface area contributed by atoms with Crippen LogP contribution in [0.2, 0.25) is 0 Å². The molecule has 0 spiro atoms. The van der Waals surface area contributed by atoms with Gasteiger partial charge in [-0.1, -0.05) is 30.7 Å². The molecule has 2 atom stereocenters. The van der Waals surface area contributed by atoms with E-state index in [4.69, 9.17) is 4.74 Å². The Balaban J connectivity index is 2.01. The van der Waals surface area contributed by atoms with E-state index in [9.17, 15) is 0 Å². The molecule has 2 nitrogen and oxygen atoms in total. The highest BCUT2D eigenvalue weighted by atomic mass is 16.5. The molecular weight excluding hydrogens is 246 g/mol. The van der Waals surface area contributed by atoms with Gasteiger partial charge in [0.25, 0.3) is 0 Å². The molecule has 2 rings (SSSR count). The van der Waals surface area contributed by atoms with Gasteiger partial charge >= 0.3 is 0 Å². The molecule has 1 saturated heterocycles. The second kappa shape index (κ2) is 7.80. The van der Waals surface area contributed by atoms with Crippen molar-refractivity contribution in [1.29, 1.82) is 0 Å². The fourth-order valence-electron chi connectivity index (χ4n) is 3.13. The van der Waals surface area contributed by atoms with Crippen LogP contribution in [-0.2, 0) is 4.74 Å². The maximum Gasteiger partial charge on any atom is 0.0576 e. The zero-order valence-electron chi connectivity index (χ0n) is 13.2. The van der Waals surface area contributed by atoms with Crippen LogP contribution >= 0.6 is 0 Å². The van der Waals surface area contributed by atoms with Gasteiger partial charge in [-0.3, -0.25) is 0 Å². The third kappa shape index (κ3) is 4.32. The number of ether oxygens (including phenoxy) is 1. The van der Waals surface area contributed by atoms with Gasteiger partial charge in [0.05, 0.1) is 6.10 Å². The first-order chi connectivity index (χ1) is 9.70. The molecule has 0 aliphatic carbocycles. The second-order valence-electron chi connectivity index (χ2n) is 6.08. The van der Waals surface area contributed by atoms with Gasteiger partial charge in [-0.2, -0.15) is 0 Å². The maximum atomic E-state index is 5.77. The van der Waals surface area contributed by atoms with E-state index in [1.807, 2.05) is 0 Å². The summed E-state index contributed by atoms with van der Waals surface area (Å²) in [7, 11) is 0. The lowest BCUT2D eigenvalue weighted by Crippen LogP contribution is -2.24. The van der Waals surface area contributed by atoms with Crippen molar-refractivity contribution in [3.05, 3.63) is 34.9 Å². The van der Waals surface area contributed by atoms with Gasteiger partial charge in [0.2, 0.25) is 0 Å². The minimum atomic E-state index is 0.472. The highest BCUT2D eigenvalue weighted by Gasteiger charge is 2.19. The van der Waals surface area contributed by atoms with Gasteiger partial charge in [-0.25, -0.2) is 0 Å². The number of nitrogens with one attached hydrogen (secondary N) is 1. The van der Waals surface area contributed by atoms with Crippen molar-refractivity contribution >= 4 is 0 Å². The molecule has 1 N–H and O–H groups in total. The van der Waals surface area contributed by atoms with Crippen LogP contribution in [0.1, 0.15) is 61.8 Å². The highest BCUT2D eigenvalue weighted by molar-refractivity contribution is 5.32. The monoisotopic (exact) mass is 275 g/mol. The van der Waals surface area contributed by atoms with Crippen molar-refractivity contribution in [3.8, 4) is 0 Å². The molecule has 1 aromatic carbocycles. The Bertz CT molecular complexity index is 410. The van der Waals surface area contributed by atoms with Crippen molar-refractivity contribution in [3.63, 3.8) is 0 Å².